The number of carbonyl (C=O) groups is 1. The summed E-state index contributed by atoms with van der Waals surface area (Å²) in [4.78, 5) is 19.2. The fraction of sp³-hybridized carbons (Fsp3) is 0.0476. The summed E-state index contributed by atoms with van der Waals surface area (Å²) in [5.41, 5.74) is 1.75. The van der Waals surface area contributed by atoms with Gasteiger partial charge >= 0.3 is 0 Å². The molecule has 8 heteroatoms. The van der Waals surface area contributed by atoms with Gasteiger partial charge in [0.15, 0.2) is 5.17 Å². The number of thioether (sulfide) groups is 1. The number of halogens is 1. The highest BCUT2D eigenvalue weighted by molar-refractivity contribution is 9.10. The maximum atomic E-state index is 13.0. The van der Waals surface area contributed by atoms with Crippen LogP contribution in [-0.4, -0.2) is 27.2 Å². The van der Waals surface area contributed by atoms with Crippen molar-refractivity contribution >= 4 is 51.1 Å². The molecule has 3 aromatic rings. The van der Waals surface area contributed by atoms with Crippen LogP contribution in [0.25, 0.3) is 6.08 Å². The summed E-state index contributed by atoms with van der Waals surface area (Å²) in [7, 11) is 0. The van der Waals surface area contributed by atoms with E-state index in [0.29, 0.717) is 15.8 Å². The maximum Gasteiger partial charge on any atom is 0.267 e. The fourth-order valence-electron chi connectivity index (χ4n) is 2.62. The van der Waals surface area contributed by atoms with Crippen LogP contribution in [0.3, 0.4) is 0 Å². The van der Waals surface area contributed by atoms with Crippen LogP contribution < -0.4 is 0 Å². The molecule has 1 fully saturated rings. The minimum Gasteiger partial charge on any atom is -0.467 e. The number of pyridine rings is 1. The molecule has 1 aliphatic rings. The van der Waals surface area contributed by atoms with Crippen molar-refractivity contribution in [3.63, 3.8) is 0 Å². The van der Waals surface area contributed by atoms with Crippen molar-refractivity contribution < 1.29 is 9.21 Å². The molecule has 1 amide bonds. The zero-order valence-corrected chi connectivity index (χ0v) is 17.5. The Morgan fingerprint density at radius 3 is 2.83 bits per heavy atom. The third-order valence-corrected chi connectivity index (χ3v) is 5.45. The van der Waals surface area contributed by atoms with E-state index in [1.165, 1.54) is 11.8 Å². The molecule has 2 aromatic heterocycles. The van der Waals surface area contributed by atoms with E-state index >= 15 is 0 Å². The van der Waals surface area contributed by atoms with Gasteiger partial charge in [-0.1, -0.05) is 34.1 Å². The van der Waals surface area contributed by atoms with Crippen molar-refractivity contribution in [1.82, 2.24) is 9.88 Å². The lowest BCUT2D eigenvalue weighted by molar-refractivity contribution is -0.122. The van der Waals surface area contributed by atoms with Crippen LogP contribution in [0.5, 0.6) is 0 Å². The second-order valence-electron chi connectivity index (χ2n) is 6.05. The van der Waals surface area contributed by atoms with Gasteiger partial charge in [-0.3, -0.25) is 14.7 Å². The predicted molar refractivity (Wildman–Crippen MR) is 118 cm³/mol. The van der Waals surface area contributed by atoms with Crippen LogP contribution in [0.15, 0.2) is 91.2 Å². The minimum absolute atomic E-state index is 0.147. The van der Waals surface area contributed by atoms with Gasteiger partial charge in [-0.05, 0) is 59.3 Å². The highest BCUT2D eigenvalue weighted by Gasteiger charge is 2.34. The highest BCUT2D eigenvalue weighted by Crippen LogP contribution is 2.33. The number of nitrogens with zero attached hydrogens (tertiary/aromatic N) is 4. The zero-order chi connectivity index (χ0) is 20.1. The molecule has 0 aliphatic carbocycles. The van der Waals surface area contributed by atoms with Crippen molar-refractivity contribution in [3.8, 4) is 0 Å². The Balaban J connectivity index is 1.61. The molecule has 0 spiro atoms. The van der Waals surface area contributed by atoms with E-state index in [9.17, 15) is 4.79 Å². The first kappa shape index (κ1) is 19.4. The summed E-state index contributed by atoms with van der Waals surface area (Å²) in [6.45, 7) is 0.286. The fourth-order valence-corrected chi connectivity index (χ4v) is 3.98. The van der Waals surface area contributed by atoms with E-state index in [1.807, 2.05) is 42.5 Å². The van der Waals surface area contributed by atoms with Crippen LogP contribution in [-0.2, 0) is 11.3 Å². The van der Waals surface area contributed by atoms with Crippen LogP contribution >= 0.6 is 27.7 Å². The van der Waals surface area contributed by atoms with E-state index in [1.54, 1.807) is 41.9 Å². The summed E-state index contributed by atoms with van der Waals surface area (Å²) in [5.74, 6) is 0.525. The average Bonchev–Trinajstić information content (AvgIpc) is 3.33. The second kappa shape index (κ2) is 9.02. The van der Waals surface area contributed by atoms with Crippen molar-refractivity contribution in [2.24, 2.45) is 10.2 Å². The first-order valence-corrected chi connectivity index (χ1v) is 10.3. The molecule has 0 bridgehead atoms. The Morgan fingerprint density at radius 1 is 1.17 bits per heavy atom. The number of amides is 1. The Kier molecular flexibility index (Phi) is 6.02. The Bertz CT molecular complexity index is 1090. The lowest BCUT2D eigenvalue weighted by Gasteiger charge is -2.12. The number of rotatable bonds is 5. The average molecular weight is 467 g/mol. The molecular formula is C21H15BrN4O2S. The van der Waals surface area contributed by atoms with Gasteiger partial charge in [-0.25, -0.2) is 0 Å². The van der Waals surface area contributed by atoms with Crippen molar-refractivity contribution in [2.75, 3.05) is 0 Å². The van der Waals surface area contributed by atoms with Gasteiger partial charge in [0.1, 0.15) is 5.76 Å². The van der Waals surface area contributed by atoms with Crippen LogP contribution in [0.2, 0.25) is 0 Å². The molecule has 3 heterocycles. The smallest absolute Gasteiger partial charge is 0.267 e. The molecule has 0 unspecified atom stereocenters. The topological polar surface area (TPSA) is 71.1 Å². The van der Waals surface area contributed by atoms with Crippen LogP contribution in [0.4, 0.5) is 0 Å². The summed E-state index contributed by atoms with van der Waals surface area (Å²) >= 11 is 4.71. The summed E-state index contributed by atoms with van der Waals surface area (Å²) in [6.07, 6.45) is 8.43. The van der Waals surface area contributed by atoms with Gasteiger partial charge in [-0.15, -0.1) is 5.10 Å². The Hall–Kier alpha value is -2.97. The molecule has 6 nitrogen and oxygen atoms in total. The maximum absolute atomic E-state index is 13.0. The third-order valence-electron chi connectivity index (χ3n) is 3.96. The summed E-state index contributed by atoms with van der Waals surface area (Å²) in [5, 5.41) is 8.96. The quantitative estimate of drug-likeness (QED) is 0.303. The number of amidine groups is 1. The molecule has 1 aliphatic heterocycles. The molecule has 0 saturated carbocycles. The molecule has 4 rings (SSSR count). The SMILES string of the molecule is O=C1/C(=C/c2cccnc2)S/C(=N/N=C\c2cccc(Br)c2)N1Cc1ccco1. The number of benzene rings is 1. The highest BCUT2D eigenvalue weighted by atomic mass is 79.9. The lowest BCUT2D eigenvalue weighted by atomic mass is 10.2. The zero-order valence-electron chi connectivity index (χ0n) is 15.1. The van der Waals surface area contributed by atoms with Gasteiger partial charge < -0.3 is 4.42 Å². The monoisotopic (exact) mass is 466 g/mol. The van der Waals surface area contributed by atoms with E-state index < -0.39 is 0 Å². The Labute approximate surface area is 180 Å². The largest absolute Gasteiger partial charge is 0.467 e. The van der Waals surface area contributed by atoms with Gasteiger partial charge in [0, 0.05) is 16.9 Å². The molecule has 0 radical (unpaired) electrons. The number of hydrogen-bond acceptors (Lipinski definition) is 6. The van der Waals surface area contributed by atoms with E-state index in [0.717, 1.165) is 15.6 Å². The molecule has 1 saturated heterocycles. The van der Waals surface area contributed by atoms with E-state index in [2.05, 4.69) is 31.1 Å². The standard InChI is InChI=1S/C21H15BrN4O2S/c22-17-6-1-4-15(10-17)13-24-25-21-26(14-18-7-3-9-28-18)20(27)19(29-21)11-16-5-2-8-23-12-16/h1-13H,14H2/b19-11-,24-13-,25-21+. The first-order valence-electron chi connectivity index (χ1n) is 8.69. The first-order chi connectivity index (χ1) is 14.2. The van der Waals surface area contributed by atoms with E-state index in [4.69, 9.17) is 4.42 Å². The predicted octanol–water partition coefficient (Wildman–Crippen LogP) is 4.94. The normalized spacial score (nSPS) is 17.1. The van der Waals surface area contributed by atoms with Crippen LogP contribution in [0.1, 0.15) is 16.9 Å². The van der Waals surface area contributed by atoms with Crippen molar-refractivity contribution in [3.05, 3.63) is 93.5 Å². The lowest BCUT2D eigenvalue weighted by Crippen LogP contribution is -2.28. The Morgan fingerprint density at radius 2 is 2.07 bits per heavy atom. The van der Waals surface area contributed by atoms with Crippen molar-refractivity contribution in [2.45, 2.75) is 6.54 Å². The third kappa shape index (κ3) is 4.90. The molecule has 29 heavy (non-hydrogen) atoms. The number of carbonyl (C=O) groups excluding carboxylic acids is 1. The van der Waals surface area contributed by atoms with Gasteiger partial charge in [0.2, 0.25) is 0 Å². The second-order valence-corrected chi connectivity index (χ2v) is 7.97. The molecule has 0 atom stereocenters. The van der Waals surface area contributed by atoms with Gasteiger partial charge in [-0.2, -0.15) is 5.10 Å². The van der Waals surface area contributed by atoms with Crippen molar-refractivity contribution in [1.29, 1.82) is 0 Å². The summed E-state index contributed by atoms with van der Waals surface area (Å²) < 4.78 is 6.36. The number of hydrogen-bond donors (Lipinski definition) is 0. The molecule has 144 valence electrons. The minimum atomic E-state index is -0.147. The number of aromatic nitrogens is 1. The van der Waals surface area contributed by atoms with Gasteiger partial charge in [0.05, 0.1) is 23.9 Å². The summed E-state index contributed by atoms with van der Waals surface area (Å²) in [6, 6.07) is 15.1. The molecular weight excluding hydrogens is 452 g/mol. The molecule has 1 aromatic carbocycles. The van der Waals surface area contributed by atoms with Gasteiger partial charge in [0.25, 0.3) is 5.91 Å². The number of furan rings is 1. The van der Waals surface area contributed by atoms with Crippen LogP contribution in [0, 0.1) is 0 Å². The molecule has 0 N–H and O–H groups in total. The van der Waals surface area contributed by atoms with E-state index in [-0.39, 0.29) is 12.5 Å².